The van der Waals surface area contributed by atoms with Crippen LogP contribution in [0.2, 0.25) is 0 Å². The molecular weight excluding hydrogens is 434 g/mol. The largest absolute Gasteiger partial charge is 0.508 e. The Hall–Kier alpha value is -2.37. The number of likely N-dealkylation sites (tertiary alicyclic amines) is 2. The van der Waals surface area contributed by atoms with E-state index in [2.05, 4.69) is 27.2 Å². The van der Waals surface area contributed by atoms with Crippen molar-refractivity contribution in [1.82, 2.24) is 15.1 Å². The monoisotopic (exact) mass is 471 g/mol. The highest BCUT2D eigenvalue weighted by Gasteiger charge is 2.76. The number of phenols is 1. The van der Waals surface area contributed by atoms with Crippen LogP contribution < -0.4 is 5.32 Å². The van der Waals surface area contributed by atoms with Gasteiger partial charge in [0, 0.05) is 29.6 Å². The van der Waals surface area contributed by atoms with Gasteiger partial charge in [-0.25, -0.2) is 0 Å². The maximum absolute atomic E-state index is 13.7. The number of phenolic OH excluding ortho intramolecular Hbond substituents is 1. The lowest BCUT2D eigenvalue weighted by atomic mass is 9.43. The van der Waals surface area contributed by atoms with Crippen LogP contribution in [0.3, 0.4) is 0 Å². The van der Waals surface area contributed by atoms with E-state index in [0.29, 0.717) is 29.7 Å². The molecule has 0 unspecified atom stereocenters. The molecule has 5 aliphatic rings. The van der Waals surface area contributed by atoms with E-state index in [1.54, 1.807) is 0 Å². The number of piperidine rings is 1. The van der Waals surface area contributed by atoms with Gasteiger partial charge in [0.1, 0.15) is 5.75 Å². The molecule has 2 heterocycles. The van der Waals surface area contributed by atoms with Crippen molar-refractivity contribution in [2.75, 3.05) is 33.2 Å². The molecule has 3 aliphatic carbocycles. The van der Waals surface area contributed by atoms with Crippen LogP contribution in [0, 0.1) is 17.3 Å². The number of carbonyl (C=O) groups is 1. The predicted octanol–water partition coefficient (Wildman–Crippen LogP) is 3.81. The Morgan fingerprint density at radius 1 is 1.17 bits per heavy atom. The molecule has 2 aliphatic heterocycles. The summed E-state index contributed by atoms with van der Waals surface area (Å²) in [5, 5.41) is 13.9. The van der Waals surface area contributed by atoms with Gasteiger partial charge in [-0.1, -0.05) is 24.3 Å². The molecule has 0 aromatic heterocycles. The highest BCUT2D eigenvalue weighted by molar-refractivity contribution is 5.94. The van der Waals surface area contributed by atoms with Crippen LogP contribution in [-0.4, -0.2) is 66.1 Å². The molecule has 2 N–H and O–H groups in total. The minimum atomic E-state index is 0.0861. The lowest BCUT2D eigenvalue weighted by Crippen LogP contribution is -2.69. The number of aromatic hydroxyl groups is 1. The van der Waals surface area contributed by atoms with E-state index in [0.717, 1.165) is 51.0 Å². The highest BCUT2D eigenvalue weighted by atomic mass is 16.3. The molecule has 0 radical (unpaired) electrons. The van der Waals surface area contributed by atoms with Gasteiger partial charge in [-0.15, -0.1) is 0 Å². The fourth-order valence-electron chi connectivity index (χ4n) is 9.80. The van der Waals surface area contributed by atoms with Crippen LogP contribution >= 0.6 is 0 Å². The SMILES string of the molecule is CNCCCN1CC[C@@]23c4cc(O)ccc4C[C@@H]1[C@]21CC[C@@H]2[C@H]3[C@@H](CN2C(=O)c2ccccc2)C1. The number of rotatable bonds is 5. The highest BCUT2D eigenvalue weighted by Crippen LogP contribution is 2.75. The van der Waals surface area contributed by atoms with Crippen LogP contribution in [0.5, 0.6) is 5.75 Å². The molecule has 4 bridgehead atoms. The Bertz CT molecular complexity index is 1150. The third-order valence-corrected chi connectivity index (χ3v) is 10.7. The lowest BCUT2D eigenvalue weighted by Gasteiger charge is -2.66. The average Bonchev–Trinajstić information content (AvgIpc) is 3.32. The second-order valence-corrected chi connectivity index (χ2v) is 11.9. The van der Waals surface area contributed by atoms with Gasteiger partial charge in [-0.2, -0.15) is 0 Å². The van der Waals surface area contributed by atoms with E-state index in [4.69, 9.17) is 0 Å². The molecule has 35 heavy (non-hydrogen) atoms. The normalized spacial score (nSPS) is 36.7. The third kappa shape index (κ3) is 2.80. The lowest BCUT2D eigenvalue weighted by molar-refractivity contribution is -0.101. The summed E-state index contributed by atoms with van der Waals surface area (Å²) in [6.45, 7) is 4.25. The summed E-state index contributed by atoms with van der Waals surface area (Å²) in [5.41, 5.74) is 4.05. The molecule has 6 atom stereocenters. The minimum absolute atomic E-state index is 0.0861. The van der Waals surface area contributed by atoms with Crippen molar-refractivity contribution in [3.63, 3.8) is 0 Å². The number of carbonyl (C=O) groups excluding carboxylic acids is 1. The molecule has 2 aromatic rings. The number of amides is 1. The second-order valence-electron chi connectivity index (χ2n) is 11.9. The van der Waals surface area contributed by atoms with Crippen LogP contribution in [0.25, 0.3) is 0 Å². The Labute approximate surface area is 208 Å². The number of fused-ring (bicyclic) bond motifs is 1. The Morgan fingerprint density at radius 3 is 2.86 bits per heavy atom. The van der Waals surface area contributed by atoms with Gasteiger partial charge in [0.15, 0.2) is 0 Å². The molecule has 7 rings (SSSR count). The van der Waals surface area contributed by atoms with Gasteiger partial charge in [0.05, 0.1) is 0 Å². The smallest absolute Gasteiger partial charge is 0.254 e. The van der Waals surface area contributed by atoms with E-state index in [9.17, 15) is 9.90 Å². The summed E-state index contributed by atoms with van der Waals surface area (Å²) in [6.07, 6.45) is 7.00. The van der Waals surface area contributed by atoms with E-state index in [1.165, 1.54) is 30.4 Å². The van der Waals surface area contributed by atoms with Crippen LogP contribution in [0.15, 0.2) is 48.5 Å². The first kappa shape index (κ1) is 21.9. The molecule has 184 valence electrons. The first-order valence-electron chi connectivity index (χ1n) is 13.7. The van der Waals surface area contributed by atoms with Gasteiger partial charge in [0.25, 0.3) is 5.91 Å². The molecule has 5 heteroatoms. The molecule has 4 fully saturated rings. The van der Waals surface area contributed by atoms with Gasteiger partial charge in [-0.3, -0.25) is 9.69 Å². The Kier molecular flexibility index (Phi) is 4.88. The first-order chi connectivity index (χ1) is 17.1. The number of hydrogen-bond donors (Lipinski definition) is 2. The molecule has 1 amide bonds. The molecule has 0 spiro atoms. The quantitative estimate of drug-likeness (QED) is 0.651. The maximum atomic E-state index is 13.7. The summed E-state index contributed by atoms with van der Waals surface area (Å²) in [4.78, 5) is 18.7. The fraction of sp³-hybridized carbons (Fsp3) is 0.567. The molecular formula is C30H37N3O2. The average molecular weight is 472 g/mol. The number of benzene rings is 2. The minimum Gasteiger partial charge on any atom is -0.508 e. The predicted molar refractivity (Wildman–Crippen MR) is 137 cm³/mol. The van der Waals surface area contributed by atoms with Crippen molar-refractivity contribution in [1.29, 1.82) is 0 Å². The van der Waals surface area contributed by atoms with Crippen molar-refractivity contribution >= 4 is 5.91 Å². The third-order valence-electron chi connectivity index (χ3n) is 10.7. The Balaban J connectivity index is 1.31. The zero-order valence-corrected chi connectivity index (χ0v) is 20.7. The summed E-state index contributed by atoms with van der Waals surface area (Å²) < 4.78 is 0. The zero-order chi connectivity index (χ0) is 23.8. The summed E-state index contributed by atoms with van der Waals surface area (Å²) in [6, 6.07) is 17.0. The molecule has 2 aromatic carbocycles. The van der Waals surface area contributed by atoms with Crippen LogP contribution in [0.4, 0.5) is 0 Å². The van der Waals surface area contributed by atoms with Gasteiger partial charge >= 0.3 is 0 Å². The molecule has 2 saturated heterocycles. The van der Waals surface area contributed by atoms with Gasteiger partial charge in [-0.05, 0) is 118 Å². The number of nitrogens with one attached hydrogen (secondary N) is 1. The van der Waals surface area contributed by atoms with Crippen molar-refractivity contribution in [3.8, 4) is 5.75 Å². The van der Waals surface area contributed by atoms with Crippen molar-refractivity contribution in [3.05, 3.63) is 65.2 Å². The summed E-state index contributed by atoms with van der Waals surface area (Å²) in [7, 11) is 2.05. The molecule has 5 nitrogen and oxygen atoms in total. The van der Waals surface area contributed by atoms with E-state index in [1.807, 2.05) is 43.4 Å². The van der Waals surface area contributed by atoms with Crippen LogP contribution in [-0.2, 0) is 11.8 Å². The topological polar surface area (TPSA) is 55.8 Å². The fourth-order valence-corrected chi connectivity index (χ4v) is 9.80. The maximum Gasteiger partial charge on any atom is 0.254 e. The second kappa shape index (κ2) is 7.81. The van der Waals surface area contributed by atoms with E-state index >= 15 is 0 Å². The van der Waals surface area contributed by atoms with E-state index < -0.39 is 0 Å². The summed E-state index contributed by atoms with van der Waals surface area (Å²) >= 11 is 0. The van der Waals surface area contributed by atoms with Crippen LogP contribution in [0.1, 0.15) is 53.6 Å². The summed E-state index contributed by atoms with van der Waals surface area (Å²) in [5.74, 6) is 1.68. The van der Waals surface area contributed by atoms with Gasteiger partial charge < -0.3 is 15.3 Å². The standard InChI is InChI=1S/C30H37N3O2/c1-31-13-5-14-32-15-12-30-24-17-23(34)9-8-21(24)16-26(32)29(30)11-10-25-27(30)22(18-29)19-33(25)28(35)20-6-3-2-4-7-20/h2-4,6-9,17,22,25-27,31,34H,5,10-16,18-19H2,1H3/t22-,25-,26-,27-,29-,30+/m1/s1. The number of hydrogen-bond acceptors (Lipinski definition) is 4. The van der Waals surface area contributed by atoms with Crippen molar-refractivity contribution in [2.24, 2.45) is 17.3 Å². The first-order valence-corrected chi connectivity index (χ1v) is 13.7. The molecule has 2 saturated carbocycles. The number of nitrogens with zero attached hydrogens (tertiary/aromatic N) is 2. The van der Waals surface area contributed by atoms with Gasteiger partial charge in [0.2, 0.25) is 0 Å². The Morgan fingerprint density at radius 2 is 2.03 bits per heavy atom. The van der Waals surface area contributed by atoms with Crippen molar-refractivity contribution < 1.29 is 9.90 Å². The van der Waals surface area contributed by atoms with Crippen molar-refractivity contribution in [2.45, 2.75) is 56.0 Å². The van der Waals surface area contributed by atoms with E-state index in [-0.39, 0.29) is 16.7 Å². The zero-order valence-electron chi connectivity index (χ0n) is 20.7.